The lowest BCUT2D eigenvalue weighted by atomic mass is 10.0. The van der Waals surface area contributed by atoms with Gasteiger partial charge in [-0.3, -0.25) is 4.99 Å². The molecule has 26 heavy (non-hydrogen) atoms. The molecule has 1 atom stereocenters. The maximum absolute atomic E-state index is 11.7. The van der Waals surface area contributed by atoms with Crippen LogP contribution < -0.4 is 10.6 Å². The standard InChI is InChI=1S/C19H28N4O2.HI/c1-3-25-19(24)22-17(15-8-9-15)12-21-18(20-2)23-11-10-14-6-4-5-7-16(14)13-23;/h4-7,15,17H,3,8-13H2,1-2H3,(H,20,21)(H,22,24);1H. The predicted molar refractivity (Wildman–Crippen MR) is 114 cm³/mol. The van der Waals surface area contributed by atoms with Crippen molar-refractivity contribution in [3.05, 3.63) is 35.4 Å². The third kappa shape index (κ3) is 5.49. The van der Waals surface area contributed by atoms with E-state index in [1.807, 2.05) is 14.0 Å². The van der Waals surface area contributed by atoms with Crippen LogP contribution in [0.15, 0.2) is 29.3 Å². The quantitative estimate of drug-likeness (QED) is 0.393. The zero-order valence-electron chi connectivity index (χ0n) is 15.5. The lowest BCUT2D eigenvalue weighted by Crippen LogP contribution is -2.50. The minimum atomic E-state index is -0.330. The highest BCUT2D eigenvalue weighted by Crippen LogP contribution is 2.32. The Bertz CT molecular complexity index is 634. The molecule has 1 unspecified atom stereocenters. The lowest BCUT2D eigenvalue weighted by molar-refractivity contribution is 0.146. The van der Waals surface area contributed by atoms with Gasteiger partial charge in [-0.2, -0.15) is 0 Å². The number of carbonyl (C=O) groups is 1. The minimum Gasteiger partial charge on any atom is -0.450 e. The number of carbonyl (C=O) groups excluding carboxylic acids is 1. The number of hydrogen-bond donors (Lipinski definition) is 2. The van der Waals surface area contributed by atoms with E-state index in [0.29, 0.717) is 19.1 Å². The van der Waals surface area contributed by atoms with E-state index >= 15 is 0 Å². The van der Waals surface area contributed by atoms with E-state index in [-0.39, 0.29) is 36.1 Å². The van der Waals surface area contributed by atoms with Crippen LogP contribution in [0.2, 0.25) is 0 Å². The van der Waals surface area contributed by atoms with Gasteiger partial charge in [-0.25, -0.2) is 4.79 Å². The molecule has 2 N–H and O–H groups in total. The molecule has 0 bridgehead atoms. The Morgan fingerprint density at radius 2 is 2.08 bits per heavy atom. The first-order valence-electron chi connectivity index (χ1n) is 9.17. The van der Waals surface area contributed by atoms with Gasteiger partial charge in [0, 0.05) is 26.7 Å². The van der Waals surface area contributed by atoms with Crippen molar-refractivity contribution < 1.29 is 9.53 Å². The van der Waals surface area contributed by atoms with Crippen LogP contribution in [0.4, 0.5) is 4.79 Å². The SMILES string of the molecule is CCOC(=O)NC(CNC(=NC)N1CCc2ccccc2C1)C1CC1.I. The first-order chi connectivity index (χ1) is 12.2. The number of halogens is 1. The molecule has 1 aliphatic heterocycles. The normalized spacial score (nSPS) is 17.6. The van der Waals surface area contributed by atoms with Gasteiger partial charge in [-0.1, -0.05) is 24.3 Å². The molecule has 7 heteroatoms. The van der Waals surface area contributed by atoms with Crippen LogP contribution in [-0.2, 0) is 17.7 Å². The molecule has 0 saturated heterocycles. The topological polar surface area (TPSA) is 66.0 Å². The van der Waals surface area contributed by atoms with Gasteiger partial charge in [-0.15, -0.1) is 24.0 Å². The second-order valence-corrected chi connectivity index (χ2v) is 6.68. The summed E-state index contributed by atoms with van der Waals surface area (Å²) in [6.45, 7) is 4.71. The second-order valence-electron chi connectivity index (χ2n) is 6.68. The Kier molecular flexibility index (Phi) is 7.99. The van der Waals surface area contributed by atoms with Crippen LogP contribution in [0, 0.1) is 5.92 Å². The lowest BCUT2D eigenvalue weighted by Gasteiger charge is -2.32. The maximum atomic E-state index is 11.7. The average molecular weight is 472 g/mol. The van der Waals surface area contributed by atoms with Crippen LogP contribution in [0.25, 0.3) is 0 Å². The molecule has 144 valence electrons. The van der Waals surface area contributed by atoms with Crippen molar-refractivity contribution in [3.63, 3.8) is 0 Å². The van der Waals surface area contributed by atoms with Crippen molar-refractivity contribution >= 4 is 36.0 Å². The summed E-state index contributed by atoms with van der Waals surface area (Å²) in [5, 5.41) is 6.43. The number of fused-ring (bicyclic) bond motifs is 1. The number of benzene rings is 1. The Labute approximate surface area is 172 Å². The maximum Gasteiger partial charge on any atom is 0.407 e. The molecule has 6 nitrogen and oxygen atoms in total. The van der Waals surface area contributed by atoms with E-state index in [1.165, 1.54) is 11.1 Å². The van der Waals surface area contributed by atoms with Crippen molar-refractivity contribution in [2.75, 3.05) is 26.7 Å². The van der Waals surface area contributed by atoms with Crippen LogP contribution >= 0.6 is 24.0 Å². The summed E-state index contributed by atoms with van der Waals surface area (Å²) < 4.78 is 5.02. The third-order valence-corrected chi connectivity index (χ3v) is 4.89. The number of nitrogens with zero attached hydrogens (tertiary/aromatic N) is 2. The van der Waals surface area contributed by atoms with E-state index in [9.17, 15) is 4.79 Å². The van der Waals surface area contributed by atoms with Crippen molar-refractivity contribution in [1.82, 2.24) is 15.5 Å². The zero-order chi connectivity index (χ0) is 17.6. The molecule has 3 rings (SSSR count). The summed E-state index contributed by atoms with van der Waals surface area (Å²) in [6.07, 6.45) is 3.02. The molecular formula is C19H29IN4O2. The van der Waals surface area contributed by atoms with Gasteiger partial charge in [0.25, 0.3) is 0 Å². The molecule has 1 fully saturated rings. The molecule has 1 amide bonds. The van der Waals surface area contributed by atoms with Gasteiger partial charge in [0.1, 0.15) is 0 Å². The Morgan fingerprint density at radius 1 is 1.35 bits per heavy atom. The fourth-order valence-electron chi connectivity index (χ4n) is 3.37. The van der Waals surface area contributed by atoms with Gasteiger partial charge in [0.15, 0.2) is 5.96 Å². The fraction of sp³-hybridized carbons (Fsp3) is 0.579. The van der Waals surface area contributed by atoms with Gasteiger partial charge in [-0.05, 0) is 43.2 Å². The smallest absolute Gasteiger partial charge is 0.407 e. The van der Waals surface area contributed by atoms with Gasteiger partial charge >= 0.3 is 6.09 Å². The highest BCUT2D eigenvalue weighted by molar-refractivity contribution is 14.0. The molecule has 2 aliphatic rings. The number of amides is 1. The number of aliphatic imine (C=N–C) groups is 1. The third-order valence-electron chi connectivity index (χ3n) is 4.89. The second kappa shape index (κ2) is 9.99. The zero-order valence-corrected chi connectivity index (χ0v) is 17.9. The summed E-state index contributed by atoms with van der Waals surface area (Å²) >= 11 is 0. The van der Waals surface area contributed by atoms with Gasteiger partial charge < -0.3 is 20.3 Å². The van der Waals surface area contributed by atoms with E-state index in [1.54, 1.807) is 0 Å². The molecule has 0 spiro atoms. The van der Waals surface area contributed by atoms with E-state index < -0.39 is 0 Å². The van der Waals surface area contributed by atoms with E-state index in [0.717, 1.165) is 38.3 Å². The van der Waals surface area contributed by atoms with Crippen LogP contribution in [0.1, 0.15) is 30.9 Å². The molecule has 0 aromatic heterocycles. The predicted octanol–water partition coefficient (Wildman–Crippen LogP) is 2.76. The number of rotatable bonds is 5. The Hall–Kier alpha value is -1.51. The number of hydrogen-bond acceptors (Lipinski definition) is 3. The molecule has 1 heterocycles. The van der Waals surface area contributed by atoms with Gasteiger partial charge in [0.2, 0.25) is 0 Å². The fourth-order valence-corrected chi connectivity index (χ4v) is 3.37. The number of ether oxygens (including phenoxy) is 1. The summed E-state index contributed by atoms with van der Waals surface area (Å²) in [6, 6.07) is 8.67. The molecule has 0 radical (unpaired) electrons. The number of alkyl carbamates (subject to hydrolysis) is 1. The van der Waals surface area contributed by atoms with Crippen molar-refractivity contribution in [2.45, 2.75) is 38.8 Å². The molecule has 1 saturated carbocycles. The summed E-state index contributed by atoms with van der Waals surface area (Å²) in [5.41, 5.74) is 2.79. The highest BCUT2D eigenvalue weighted by atomic mass is 127. The average Bonchev–Trinajstić information content (AvgIpc) is 3.46. The first-order valence-corrected chi connectivity index (χ1v) is 9.17. The van der Waals surface area contributed by atoms with Gasteiger partial charge in [0.05, 0.1) is 12.6 Å². The summed E-state index contributed by atoms with van der Waals surface area (Å²) in [4.78, 5) is 18.5. The van der Waals surface area contributed by atoms with E-state index in [4.69, 9.17) is 4.74 Å². The van der Waals surface area contributed by atoms with Crippen molar-refractivity contribution in [2.24, 2.45) is 10.9 Å². The van der Waals surface area contributed by atoms with E-state index in [2.05, 4.69) is 44.8 Å². The van der Waals surface area contributed by atoms with Crippen molar-refractivity contribution in [1.29, 1.82) is 0 Å². The van der Waals surface area contributed by atoms with Crippen LogP contribution in [0.3, 0.4) is 0 Å². The van der Waals surface area contributed by atoms with Crippen LogP contribution in [-0.4, -0.2) is 49.7 Å². The largest absolute Gasteiger partial charge is 0.450 e. The summed E-state index contributed by atoms with van der Waals surface area (Å²) in [5.74, 6) is 1.43. The molecule has 1 aromatic rings. The number of guanidine groups is 1. The first kappa shape index (κ1) is 20.8. The number of nitrogens with one attached hydrogen (secondary N) is 2. The molecular weight excluding hydrogens is 443 g/mol. The molecule has 1 aliphatic carbocycles. The van der Waals surface area contributed by atoms with Crippen LogP contribution in [0.5, 0.6) is 0 Å². The highest BCUT2D eigenvalue weighted by Gasteiger charge is 2.33. The summed E-state index contributed by atoms with van der Waals surface area (Å²) in [7, 11) is 1.81. The Balaban J connectivity index is 0.00000243. The monoisotopic (exact) mass is 472 g/mol. The molecule has 1 aromatic carbocycles. The van der Waals surface area contributed by atoms with Crippen molar-refractivity contribution in [3.8, 4) is 0 Å². The Morgan fingerprint density at radius 3 is 2.73 bits per heavy atom. The minimum absolute atomic E-state index is 0.